The summed E-state index contributed by atoms with van der Waals surface area (Å²) in [5, 5.41) is 10.1. The normalized spacial score (nSPS) is 12.8. The van der Waals surface area contributed by atoms with E-state index in [0.717, 1.165) is 16.2 Å². The van der Waals surface area contributed by atoms with Gasteiger partial charge >= 0.3 is 0 Å². The van der Waals surface area contributed by atoms with Crippen LogP contribution in [0, 0.1) is 0 Å². The van der Waals surface area contributed by atoms with E-state index in [4.69, 9.17) is 4.74 Å². The molecular formula is C18H23NO4S2. The van der Waals surface area contributed by atoms with E-state index < -0.39 is 16.1 Å². The standard InChI is InChI=1S/C18H23NO4S2/c1-23-16-7-3-14(4-8-16)11-12-25(21,22)19-13-18(20)15-5-9-17(24-2)10-6-15/h3-10,18-20H,11-13H2,1-2H3. The van der Waals surface area contributed by atoms with Gasteiger partial charge in [-0.3, -0.25) is 0 Å². The average Bonchev–Trinajstić information content (AvgIpc) is 2.65. The Bertz CT molecular complexity index is 759. The minimum atomic E-state index is -3.46. The first-order valence-electron chi connectivity index (χ1n) is 7.86. The molecule has 0 saturated carbocycles. The summed E-state index contributed by atoms with van der Waals surface area (Å²) in [6, 6.07) is 14.7. The van der Waals surface area contributed by atoms with E-state index in [0.29, 0.717) is 12.0 Å². The third-order valence-corrected chi connectivity index (χ3v) is 5.91. The van der Waals surface area contributed by atoms with Crippen LogP contribution in [0.4, 0.5) is 0 Å². The van der Waals surface area contributed by atoms with Crippen LogP contribution < -0.4 is 9.46 Å². The average molecular weight is 382 g/mol. The van der Waals surface area contributed by atoms with Crippen molar-refractivity contribution < 1.29 is 18.3 Å². The molecule has 136 valence electrons. The minimum Gasteiger partial charge on any atom is -0.497 e. The lowest BCUT2D eigenvalue weighted by molar-refractivity contribution is 0.182. The molecule has 1 unspecified atom stereocenters. The van der Waals surface area contributed by atoms with Crippen molar-refractivity contribution >= 4 is 21.8 Å². The fraction of sp³-hybridized carbons (Fsp3) is 0.333. The van der Waals surface area contributed by atoms with Gasteiger partial charge in [-0.2, -0.15) is 0 Å². The number of nitrogens with one attached hydrogen (secondary N) is 1. The molecule has 0 aliphatic rings. The van der Waals surface area contributed by atoms with E-state index in [9.17, 15) is 13.5 Å². The molecule has 5 nitrogen and oxygen atoms in total. The third kappa shape index (κ3) is 6.36. The van der Waals surface area contributed by atoms with Gasteiger partial charge in [-0.25, -0.2) is 13.1 Å². The van der Waals surface area contributed by atoms with Gasteiger partial charge in [0.15, 0.2) is 0 Å². The van der Waals surface area contributed by atoms with E-state index >= 15 is 0 Å². The summed E-state index contributed by atoms with van der Waals surface area (Å²) >= 11 is 1.61. The molecule has 2 rings (SSSR count). The van der Waals surface area contributed by atoms with Gasteiger partial charge in [-0.1, -0.05) is 24.3 Å². The first kappa shape index (κ1) is 19.8. The van der Waals surface area contributed by atoms with Crippen LogP contribution in [0.3, 0.4) is 0 Å². The highest BCUT2D eigenvalue weighted by Crippen LogP contribution is 2.19. The molecule has 0 bridgehead atoms. The van der Waals surface area contributed by atoms with Gasteiger partial charge in [-0.05, 0) is 48.1 Å². The Balaban J connectivity index is 1.84. The van der Waals surface area contributed by atoms with Crippen molar-refractivity contribution in [3.63, 3.8) is 0 Å². The molecule has 25 heavy (non-hydrogen) atoms. The highest BCUT2D eigenvalue weighted by atomic mass is 32.2. The number of hydrogen-bond acceptors (Lipinski definition) is 5. The highest BCUT2D eigenvalue weighted by Gasteiger charge is 2.14. The van der Waals surface area contributed by atoms with Gasteiger partial charge in [0.25, 0.3) is 0 Å². The van der Waals surface area contributed by atoms with Crippen molar-refractivity contribution in [2.45, 2.75) is 17.4 Å². The van der Waals surface area contributed by atoms with Crippen LogP contribution in [0.5, 0.6) is 5.75 Å². The number of aryl methyl sites for hydroxylation is 1. The summed E-state index contributed by atoms with van der Waals surface area (Å²) in [6.07, 6.45) is 1.51. The minimum absolute atomic E-state index is 0.0303. The Labute approximate surface area is 153 Å². The fourth-order valence-corrected chi connectivity index (χ4v) is 3.74. The van der Waals surface area contributed by atoms with Crippen molar-refractivity contribution in [1.82, 2.24) is 4.72 Å². The van der Waals surface area contributed by atoms with Crippen molar-refractivity contribution in [3.8, 4) is 5.75 Å². The van der Waals surface area contributed by atoms with Crippen molar-refractivity contribution in [1.29, 1.82) is 0 Å². The van der Waals surface area contributed by atoms with Gasteiger partial charge in [0, 0.05) is 11.4 Å². The molecule has 0 fully saturated rings. The molecule has 0 aliphatic heterocycles. The fourth-order valence-electron chi connectivity index (χ4n) is 2.27. The number of aliphatic hydroxyl groups excluding tert-OH is 1. The van der Waals surface area contributed by atoms with Gasteiger partial charge < -0.3 is 9.84 Å². The maximum absolute atomic E-state index is 12.1. The quantitative estimate of drug-likeness (QED) is 0.653. The number of rotatable bonds is 9. The first-order valence-corrected chi connectivity index (χ1v) is 10.7. The summed E-state index contributed by atoms with van der Waals surface area (Å²) in [6.45, 7) is -0.0381. The summed E-state index contributed by atoms with van der Waals surface area (Å²) < 4.78 is 31.8. The second kappa shape index (κ2) is 9.24. The second-order valence-electron chi connectivity index (χ2n) is 5.55. The van der Waals surface area contributed by atoms with Crippen LogP contribution in [0.2, 0.25) is 0 Å². The summed E-state index contributed by atoms with van der Waals surface area (Å²) in [5.74, 6) is 0.706. The molecule has 7 heteroatoms. The third-order valence-electron chi connectivity index (χ3n) is 3.82. The SMILES string of the molecule is COc1ccc(CCS(=O)(=O)NCC(O)c2ccc(SC)cc2)cc1. The Kier molecular flexibility index (Phi) is 7.31. The lowest BCUT2D eigenvalue weighted by Crippen LogP contribution is -2.31. The zero-order valence-corrected chi connectivity index (χ0v) is 15.9. The number of ether oxygens (including phenoxy) is 1. The molecule has 0 heterocycles. The number of hydrogen-bond donors (Lipinski definition) is 2. The summed E-state index contributed by atoms with van der Waals surface area (Å²) in [4.78, 5) is 1.09. The molecule has 2 N–H and O–H groups in total. The molecule has 0 spiro atoms. The van der Waals surface area contributed by atoms with Crippen molar-refractivity contribution in [2.75, 3.05) is 25.7 Å². The molecule has 0 aliphatic carbocycles. The molecule has 1 atom stereocenters. The smallest absolute Gasteiger partial charge is 0.212 e. The largest absolute Gasteiger partial charge is 0.497 e. The number of benzene rings is 2. The van der Waals surface area contributed by atoms with Crippen LogP contribution in [-0.4, -0.2) is 39.2 Å². The summed E-state index contributed by atoms with van der Waals surface area (Å²) in [7, 11) is -1.87. The monoisotopic (exact) mass is 381 g/mol. The Hall–Kier alpha value is -1.54. The Morgan fingerprint density at radius 1 is 1.12 bits per heavy atom. The van der Waals surface area contributed by atoms with E-state index in [1.54, 1.807) is 31.0 Å². The molecule has 2 aromatic carbocycles. The molecule has 0 aromatic heterocycles. The van der Waals surface area contributed by atoms with Gasteiger partial charge in [0.2, 0.25) is 10.0 Å². The zero-order chi connectivity index (χ0) is 18.3. The first-order chi connectivity index (χ1) is 11.9. The van der Waals surface area contributed by atoms with Gasteiger partial charge in [0.05, 0.1) is 19.0 Å². The van der Waals surface area contributed by atoms with Gasteiger partial charge in [-0.15, -0.1) is 11.8 Å². The predicted molar refractivity (Wildman–Crippen MR) is 102 cm³/mol. The predicted octanol–water partition coefficient (Wildman–Crippen LogP) is 2.61. The highest BCUT2D eigenvalue weighted by molar-refractivity contribution is 7.98. The van der Waals surface area contributed by atoms with Crippen LogP contribution in [0.25, 0.3) is 0 Å². The van der Waals surface area contributed by atoms with E-state index in [1.165, 1.54) is 0 Å². The molecular weight excluding hydrogens is 358 g/mol. The van der Waals surface area contributed by atoms with Crippen molar-refractivity contribution in [3.05, 3.63) is 59.7 Å². The number of sulfonamides is 1. The van der Waals surface area contributed by atoms with Gasteiger partial charge in [0.1, 0.15) is 5.75 Å². The molecule has 0 saturated heterocycles. The number of methoxy groups -OCH3 is 1. The number of thioether (sulfide) groups is 1. The van der Waals surface area contributed by atoms with E-state index in [-0.39, 0.29) is 12.3 Å². The Morgan fingerprint density at radius 2 is 1.76 bits per heavy atom. The molecule has 0 amide bonds. The van der Waals surface area contributed by atoms with Crippen molar-refractivity contribution in [2.24, 2.45) is 0 Å². The second-order valence-corrected chi connectivity index (χ2v) is 8.36. The van der Waals surface area contributed by atoms with E-state index in [2.05, 4.69) is 4.72 Å². The van der Waals surface area contributed by atoms with Crippen LogP contribution in [0.1, 0.15) is 17.2 Å². The maximum atomic E-state index is 12.1. The number of aliphatic hydroxyl groups is 1. The topological polar surface area (TPSA) is 75.6 Å². The van der Waals surface area contributed by atoms with E-state index in [1.807, 2.05) is 42.7 Å². The van der Waals surface area contributed by atoms with Crippen LogP contribution in [0.15, 0.2) is 53.4 Å². The maximum Gasteiger partial charge on any atom is 0.212 e. The Morgan fingerprint density at radius 3 is 2.32 bits per heavy atom. The van der Waals surface area contributed by atoms with Crippen LogP contribution in [-0.2, 0) is 16.4 Å². The lowest BCUT2D eigenvalue weighted by Gasteiger charge is -2.13. The lowest BCUT2D eigenvalue weighted by atomic mass is 10.1. The zero-order valence-electron chi connectivity index (χ0n) is 14.3. The summed E-state index contributed by atoms with van der Waals surface area (Å²) in [5.41, 5.74) is 1.61. The molecule has 0 radical (unpaired) electrons. The molecule has 2 aromatic rings. The van der Waals surface area contributed by atoms with Crippen LogP contribution >= 0.6 is 11.8 Å².